The van der Waals surface area contributed by atoms with Crippen LogP contribution in [0.2, 0.25) is 0 Å². The van der Waals surface area contributed by atoms with Gasteiger partial charge in [0.2, 0.25) is 0 Å². The monoisotopic (exact) mass is 452 g/mol. The molecule has 0 atom stereocenters. The lowest BCUT2D eigenvalue weighted by molar-refractivity contribution is -0.137. The molecule has 9 nitrogen and oxygen atoms in total. The van der Waals surface area contributed by atoms with E-state index in [1.165, 1.54) is 11.8 Å². The maximum atomic E-state index is 13.0. The minimum atomic E-state index is -4.53. The Morgan fingerprint density at radius 3 is 2.48 bits per heavy atom. The number of aromatic nitrogens is 5. The highest BCUT2D eigenvalue weighted by molar-refractivity contribution is 7.92. The summed E-state index contributed by atoms with van der Waals surface area (Å²) in [7, 11) is -1.05. The normalized spacial score (nSPS) is 12.3. The first-order valence-electron chi connectivity index (χ1n) is 8.70. The Morgan fingerprint density at radius 2 is 1.84 bits per heavy atom. The Labute approximate surface area is 174 Å². The van der Waals surface area contributed by atoms with E-state index in [9.17, 15) is 21.6 Å². The zero-order valence-electron chi connectivity index (χ0n) is 16.1. The number of halogens is 3. The van der Waals surface area contributed by atoms with Crippen molar-refractivity contribution in [3.63, 3.8) is 0 Å². The van der Waals surface area contributed by atoms with Crippen LogP contribution in [0.4, 0.5) is 18.9 Å². The lowest BCUT2D eigenvalue weighted by Crippen LogP contribution is -2.14. The molecule has 162 valence electrons. The molecule has 31 heavy (non-hydrogen) atoms. The van der Waals surface area contributed by atoms with Gasteiger partial charge in [-0.2, -0.15) is 23.4 Å². The summed E-state index contributed by atoms with van der Waals surface area (Å²) in [5.74, 6) is 0.317. The van der Waals surface area contributed by atoms with Gasteiger partial charge in [-0.05, 0) is 24.3 Å². The van der Waals surface area contributed by atoms with Crippen LogP contribution in [0.5, 0.6) is 5.75 Å². The number of nitrogens with one attached hydrogen (secondary N) is 1. The quantitative estimate of drug-likeness (QED) is 0.499. The van der Waals surface area contributed by atoms with E-state index in [1.807, 2.05) is 0 Å². The van der Waals surface area contributed by atoms with E-state index in [4.69, 9.17) is 4.74 Å². The third-order valence-corrected chi connectivity index (χ3v) is 5.80. The van der Waals surface area contributed by atoms with Crippen molar-refractivity contribution in [2.75, 3.05) is 11.8 Å². The van der Waals surface area contributed by atoms with Crippen LogP contribution in [0.1, 0.15) is 5.56 Å². The molecule has 0 saturated carbocycles. The molecule has 3 aromatic heterocycles. The molecule has 0 aliphatic rings. The number of pyridine rings is 1. The van der Waals surface area contributed by atoms with Gasteiger partial charge in [0.25, 0.3) is 10.0 Å². The molecule has 13 heteroatoms. The summed E-state index contributed by atoms with van der Waals surface area (Å²) >= 11 is 0. The van der Waals surface area contributed by atoms with Crippen molar-refractivity contribution in [2.24, 2.45) is 7.05 Å². The summed E-state index contributed by atoms with van der Waals surface area (Å²) in [5.41, 5.74) is -0.214. The highest BCUT2D eigenvalue weighted by atomic mass is 32.2. The third kappa shape index (κ3) is 3.79. The summed E-state index contributed by atoms with van der Waals surface area (Å²) in [6.07, 6.45) is -0.0798. The molecular weight excluding hydrogens is 437 g/mol. The maximum absolute atomic E-state index is 13.0. The zero-order chi connectivity index (χ0) is 22.4. The third-order valence-electron chi connectivity index (χ3n) is 4.50. The van der Waals surface area contributed by atoms with Gasteiger partial charge in [-0.15, -0.1) is 0 Å². The molecule has 1 N–H and O–H groups in total. The van der Waals surface area contributed by atoms with Gasteiger partial charge in [0, 0.05) is 18.6 Å². The second-order valence-corrected chi connectivity index (χ2v) is 8.16. The fourth-order valence-electron chi connectivity index (χ4n) is 2.97. The number of hydrogen-bond donors (Lipinski definition) is 1. The molecule has 0 bridgehead atoms. The van der Waals surface area contributed by atoms with E-state index in [0.29, 0.717) is 17.1 Å². The van der Waals surface area contributed by atoms with Crippen LogP contribution in [0.15, 0.2) is 53.9 Å². The maximum Gasteiger partial charge on any atom is 0.417 e. The van der Waals surface area contributed by atoms with Gasteiger partial charge in [-0.25, -0.2) is 18.1 Å². The van der Waals surface area contributed by atoms with Gasteiger partial charge >= 0.3 is 6.18 Å². The number of benzene rings is 1. The van der Waals surface area contributed by atoms with Crippen molar-refractivity contribution in [3.8, 4) is 11.6 Å². The van der Waals surface area contributed by atoms with E-state index in [2.05, 4.69) is 19.9 Å². The van der Waals surface area contributed by atoms with Crippen molar-refractivity contribution in [1.82, 2.24) is 24.5 Å². The Bertz CT molecular complexity index is 1360. The molecule has 3 heterocycles. The van der Waals surface area contributed by atoms with Gasteiger partial charge in [0.05, 0.1) is 36.8 Å². The van der Waals surface area contributed by atoms with Gasteiger partial charge in [-0.1, -0.05) is 0 Å². The first kappa shape index (κ1) is 20.7. The number of aryl methyl sites for hydroxylation is 1. The number of hydrogen-bond acceptors (Lipinski definition) is 6. The van der Waals surface area contributed by atoms with Crippen LogP contribution in [0.25, 0.3) is 16.7 Å². The van der Waals surface area contributed by atoms with Crippen LogP contribution in [0, 0.1) is 0 Å². The molecular formula is C18H15F3N6O3S. The molecule has 1 aromatic carbocycles. The number of rotatable bonds is 5. The number of methoxy groups -OCH3 is 1. The smallest absolute Gasteiger partial charge is 0.417 e. The minimum absolute atomic E-state index is 0.0285. The topological polar surface area (TPSA) is 104 Å². The minimum Gasteiger partial charge on any atom is -0.494 e. The fourth-order valence-corrected chi connectivity index (χ4v) is 3.98. The second kappa shape index (κ2) is 7.27. The molecule has 0 saturated heterocycles. The van der Waals surface area contributed by atoms with E-state index in [-0.39, 0.29) is 22.2 Å². The van der Waals surface area contributed by atoms with Gasteiger partial charge in [0.15, 0.2) is 5.82 Å². The molecule has 0 aliphatic carbocycles. The van der Waals surface area contributed by atoms with E-state index in [1.54, 1.807) is 25.4 Å². The first-order valence-corrected chi connectivity index (χ1v) is 10.2. The SMILES string of the molecule is COc1ccc2cnn(C)c2c1NS(=O)(=O)c1cnn(-c2ccc(C(F)(F)F)cn2)c1. The molecule has 0 spiro atoms. The van der Waals surface area contributed by atoms with E-state index >= 15 is 0 Å². The zero-order valence-corrected chi connectivity index (χ0v) is 16.9. The average Bonchev–Trinajstić information content (AvgIpc) is 3.36. The van der Waals surface area contributed by atoms with Crippen LogP contribution in [-0.2, 0) is 23.2 Å². The average molecular weight is 452 g/mol. The molecule has 4 aromatic rings. The largest absolute Gasteiger partial charge is 0.494 e. The summed E-state index contributed by atoms with van der Waals surface area (Å²) in [4.78, 5) is 3.49. The molecule has 0 unspecified atom stereocenters. The summed E-state index contributed by atoms with van der Waals surface area (Å²) in [6, 6.07) is 5.29. The first-order chi connectivity index (χ1) is 14.6. The number of sulfonamides is 1. The Balaban J connectivity index is 1.68. The number of nitrogens with zero attached hydrogens (tertiary/aromatic N) is 5. The van der Waals surface area contributed by atoms with E-state index < -0.39 is 21.8 Å². The number of ether oxygens (including phenoxy) is 1. The Hall–Kier alpha value is -3.61. The van der Waals surface area contributed by atoms with Crippen molar-refractivity contribution in [1.29, 1.82) is 0 Å². The van der Waals surface area contributed by atoms with Crippen LogP contribution < -0.4 is 9.46 Å². The van der Waals surface area contributed by atoms with Crippen LogP contribution in [-0.4, -0.2) is 40.1 Å². The number of alkyl halides is 3. The van der Waals surface area contributed by atoms with Gasteiger partial charge in [0.1, 0.15) is 16.3 Å². The molecule has 0 aliphatic heterocycles. The molecule has 0 fully saturated rings. The predicted octanol–water partition coefficient (Wildman–Crippen LogP) is 2.98. The number of fused-ring (bicyclic) bond motifs is 1. The molecule has 0 radical (unpaired) electrons. The second-order valence-electron chi connectivity index (χ2n) is 6.48. The highest BCUT2D eigenvalue weighted by Crippen LogP contribution is 2.34. The van der Waals surface area contributed by atoms with Crippen molar-refractivity contribution < 1.29 is 26.3 Å². The van der Waals surface area contributed by atoms with Crippen molar-refractivity contribution in [3.05, 3.63) is 54.6 Å². The van der Waals surface area contributed by atoms with Crippen LogP contribution >= 0.6 is 0 Å². The summed E-state index contributed by atoms with van der Waals surface area (Å²) in [5, 5.41) is 8.73. The predicted molar refractivity (Wildman–Crippen MR) is 104 cm³/mol. The Kier molecular flexibility index (Phi) is 4.84. The van der Waals surface area contributed by atoms with Crippen molar-refractivity contribution in [2.45, 2.75) is 11.1 Å². The van der Waals surface area contributed by atoms with Crippen molar-refractivity contribution >= 4 is 26.6 Å². The lowest BCUT2D eigenvalue weighted by Gasteiger charge is -2.13. The lowest BCUT2D eigenvalue weighted by atomic mass is 10.2. The molecule has 4 rings (SSSR count). The number of anilines is 1. The van der Waals surface area contributed by atoms with Crippen LogP contribution in [0.3, 0.4) is 0 Å². The summed E-state index contributed by atoms with van der Waals surface area (Å²) < 4.78 is 74.4. The Morgan fingerprint density at radius 1 is 1.06 bits per heavy atom. The summed E-state index contributed by atoms with van der Waals surface area (Å²) in [6.45, 7) is 0. The van der Waals surface area contributed by atoms with Gasteiger partial charge < -0.3 is 4.74 Å². The standard InChI is InChI=1S/C18H15F3N6O3S/c1-26-17-11(7-23-26)3-5-14(30-2)16(17)25-31(28,29)13-9-24-27(10-13)15-6-4-12(8-22-15)18(19,20)21/h3-10,25H,1-2H3. The molecule has 0 amide bonds. The highest BCUT2D eigenvalue weighted by Gasteiger charge is 2.31. The van der Waals surface area contributed by atoms with E-state index in [0.717, 1.165) is 29.2 Å². The van der Waals surface area contributed by atoms with Gasteiger partial charge in [-0.3, -0.25) is 9.40 Å². The fraction of sp³-hybridized carbons (Fsp3) is 0.167.